The van der Waals surface area contributed by atoms with Gasteiger partial charge in [-0.25, -0.2) is 12.8 Å². The second-order valence-corrected chi connectivity index (χ2v) is 8.06. The SMILES string of the molecule is Cc1cc(N2CC(CS(=O)(=O)Cl)CC2=O)c(Cl)cc1F. The number of benzene rings is 1. The number of hydrogen-bond acceptors (Lipinski definition) is 3. The molecule has 0 radical (unpaired) electrons. The highest BCUT2D eigenvalue weighted by Crippen LogP contribution is 2.33. The Labute approximate surface area is 125 Å². The number of hydrogen-bond donors (Lipinski definition) is 0. The first-order valence-corrected chi connectivity index (χ1v) is 8.71. The molecule has 1 fully saturated rings. The lowest BCUT2D eigenvalue weighted by Gasteiger charge is -2.19. The van der Waals surface area contributed by atoms with Gasteiger partial charge in [0.15, 0.2) is 0 Å². The van der Waals surface area contributed by atoms with E-state index < -0.39 is 14.9 Å². The van der Waals surface area contributed by atoms with E-state index in [1.165, 1.54) is 11.0 Å². The molecule has 8 heteroatoms. The van der Waals surface area contributed by atoms with Crippen LogP contribution in [0.1, 0.15) is 12.0 Å². The standard InChI is InChI=1S/C12H12Cl2FNO3S/c1-7-2-11(9(13)4-10(7)15)16-5-8(3-12(16)17)6-20(14,18)19/h2,4,8H,3,5-6H2,1H3. The number of carbonyl (C=O) groups excluding carboxylic acids is 1. The monoisotopic (exact) mass is 339 g/mol. The third-order valence-electron chi connectivity index (χ3n) is 3.16. The molecule has 1 unspecified atom stereocenters. The molecule has 1 aromatic carbocycles. The summed E-state index contributed by atoms with van der Waals surface area (Å²) in [7, 11) is 1.54. The molecule has 0 N–H and O–H groups in total. The number of halogens is 3. The van der Waals surface area contributed by atoms with E-state index in [1.54, 1.807) is 6.92 Å². The first kappa shape index (κ1) is 15.5. The van der Waals surface area contributed by atoms with Crippen LogP contribution >= 0.6 is 22.3 Å². The minimum Gasteiger partial charge on any atom is -0.311 e. The summed E-state index contributed by atoms with van der Waals surface area (Å²) in [5.74, 6) is -1.35. The molecule has 20 heavy (non-hydrogen) atoms. The first-order valence-electron chi connectivity index (χ1n) is 5.85. The number of amides is 1. The van der Waals surface area contributed by atoms with Crippen molar-refractivity contribution in [3.05, 3.63) is 28.5 Å². The Morgan fingerprint density at radius 1 is 1.45 bits per heavy atom. The van der Waals surface area contributed by atoms with Crippen molar-refractivity contribution in [2.45, 2.75) is 13.3 Å². The van der Waals surface area contributed by atoms with Crippen molar-refractivity contribution in [2.24, 2.45) is 5.92 Å². The topological polar surface area (TPSA) is 54.5 Å². The zero-order valence-electron chi connectivity index (χ0n) is 10.6. The fraction of sp³-hybridized carbons (Fsp3) is 0.417. The molecule has 1 heterocycles. The minimum absolute atomic E-state index is 0.0820. The minimum atomic E-state index is -3.66. The molecule has 0 aliphatic carbocycles. The van der Waals surface area contributed by atoms with E-state index in [4.69, 9.17) is 22.3 Å². The maximum Gasteiger partial charge on any atom is 0.232 e. The lowest BCUT2D eigenvalue weighted by Crippen LogP contribution is -2.25. The van der Waals surface area contributed by atoms with E-state index in [2.05, 4.69) is 0 Å². The molecule has 1 aliphatic heterocycles. The summed E-state index contributed by atoms with van der Waals surface area (Å²) in [5, 5.41) is 0.121. The molecular formula is C12H12Cl2FNO3S. The van der Waals surface area contributed by atoms with Gasteiger partial charge in [-0.2, -0.15) is 0 Å². The quantitative estimate of drug-likeness (QED) is 0.795. The van der Waals surface area contributed by atoms with Crippen molar-refractivity contribution in [1.82, 2.24) is 0 Å². The predicted octanol–water partition coefficient (Wildman–Crippen LogP) is 2.71. The number of aryl methyl sites for hydroxylation is 1. The summed E-state index contributed by atoms with van der Waals surface area (Å²) in [6, 6.07) is 2.62. The van der Waals surface area contributed by atoms with E-state index in [0.717, 1.165) is 6.07 Å². The van der Waals surface area contributed by atoms with Crippen LogP contribution in [-0.2, 0) is 13.8 Å². The molecule has 0 bridgehead atoms. The van der Waals surface area contributed by atoms with Crippen molar-refractivity contribution < 1.29 is 17.6 Å². The van der Waals surface area contributed by atoms with Crippen molar-refractivity contribution in [3.63, 3.8) is 0 Å². The molecule has 0 aromatic heterocycles. The molecular weight excluding hydrogens is 328 g/mol. The summed E-state index contributed by atoms with van der Waals surface area (Å²) in [6.45, 7) is 1.77. The van der Waals surface area contributed by atoms with Crippen LogP contribution in [0.25, 0.3) is 0 Å². The molecule has 1 atom stereocenters. The van der Waals surface area contributed by atoms with Crippen LogP contribution in [0.5, 0.6) is 0 Å². The highest BCUT2D eigenvalue weighted by molar-refractivity contribution is 8.13. The number of carbonyl (C=O) groups is 1. The van der Waals surface area contributed by atoms with Crippen LogP contribution in [0.2, 0.25) is 5.02 Å². The van der Waals surface area contributed by atoms with Gasteiger partial charge in [-0.3, -0.25) is 4.79 Å². The molecule has 1 aliphatic rings. The maximum absolute atomic E-state index is 13.4. The zero-order valence-corrected chi connectivity index (χ0v) is 12.9. The van der Waals surface area contributed by atoms with Crippen LogP contribution < -0.4 is 4.90 Å². The second-order valence-electron chi connectivity index (χ2n) is 4.83. The van der Waals surface area contributed by atoms with E-state index in [9.17, 15) is 17.6 Å². The zero-order chi connectivity index (χ0) is 15.1. The van der Waals surface area contributed by atoms with E-state index in [0.29, 0.717) is 11.3 Å². The molecule has 1 aromatic rings. The maximum atomic E-state index is 13.4. The Morgan fingerprint density at radius 2 is 2.10 bits per heavy atom. The van der Waals surface area contributed by atoms with Gasteiger partial charge in [0.1, 0.15) is 5.82 Å². The molecule has 2 rings (SSSR count). The Balaban J connectivity index is 2.26. The fourth-order valence-corrected chi connectivity index (χ4v) is 3.83. The van der Waals surface area contributed by atoms with Crippen molar-refractivity contribution in [2.75, 3.05) is 17.2 Å². The predicted molar refractivity (Wildman–Crippen MR) is 76.2 cm³/mol. The van der Waals surface area contributed by atoms with Crippen LogP contribution in [-0.4, -0.2) is 26.6 Å². The second kappa shape index (κ2) is 5.50. The molecule has 0 spiro atoms. The van der Waals surface area contributed by atoms with E-state index in [1.807, 2.05) is 0 Å². The highest BCUT2D eigenvalue weighted by atomic mass is 35.7. The third kappa shape index (κ3) is 3.42. The smallest absolute Gasteiger partial charge is 0.232 e. The van der Waals surface area contributed by atoms with Gasteiger partial charge in [0.05, 0.1) is 16.5 Å². The lowest BCUT2D eigenvalue weighted by atomic mass is 10.1. The molecule has 4 nitrogen and oxygen atoms in total. The number of nitrogens with zero attached hydrogens (tertiary/aromatic N) is 1. The van der Waals surface area contributed by atoms with Gasteiger partial charge in [-0.1, -0.05) is 11.6 Å². The number of rotatable bonds is 3. The molecule has 1 saturated heterocycles. The van der Waals surface area contributed by atoms with Gasteiger partial charge in [0.25, 0.3) is 0 Å². The average molecular weight is 340 g/mol. The Bertz CT molecular complexity index is 663. The highest BCUT2D eigenvalue weighted by Gasteiger charge is 2.34. The van der Waals surface area contributed by atoms with Gasteiger partial charge in [0.2, 0.25) is 15.0 Å². The summed E-state index contributed by atoms with van der Waals surface area (Å²) in [4.78, 5) is 13.3. The van der Waals surface area contributed by atoms with Crippen molar-refractivity contribution >= 4 is 42.9 Å². The van der Waals surface area contributed by atoms with Gasteiger partial charge >= 0.3 is 0 Å². The number of anilines is 1. The van der Waals surface area contributed by atoms with Gasteiger partial charge < -0.3 is 4.90 Å². The van der Waals surface area contributed by atoms with Crippen molar-refractivity contribution in [1.29, 1.82) is 0 Å². The molecule has 1 amide bonds. The van der Waals surface area contributed by atoms with Crippen LogP contribution in [0, 0.1) is 18.7 Å². The summed E-state index contributed by atoms with van der Waals surface area (Å²) >= 11 is 5.95. The third-order valence-corrected chi connectivity index (χ3v) is 4.71. The van der Waals surface area contributed by atoms with Crippen LogP contribution in [0.4, 0.5) is 10.1 Å². The lowest BCUT2D eigenvalue weighted by molar-refractivity contribution is -0.117. The fourth-order valence-electron chi connectivity index (χ4n) is 2.26. The van der Waals surface area contributed by atoms with Gasteiger partial charge in [-0.15, -0.1) is 0 Å². The first-order chi connectivity index (χ1) is 9.17. The normalized spacial score (nSPS) is 19.7. The summed E-state index contributed by atoms with van der Waals surface area (Å²) < 4.78 is 35.5. The summed E-state index contributed by atoms with van der Waals surface area (Å²) in [6.07, 6.45) is 0.0820. The average Bonchev–Trinajstić information content (AvgIpc) is 2.62. The Hall–Kier alpha value is -0.850. The molecule has 110 valence electrons. The van der Waals surface area contributed by atoms with Crippen molar-refractivity contribution in [3.8, 4) is 0 Å². The van der Waals surface area contributed by atoms with Crippen LogP contribution in [0.3, 0.4) is 0 Å². The Morgan fingerprint density at radius 3 is 2.70 bits per heavy atom. The Kier molecular flexibility index (Phi) is 4.27. The largest absolute Gasteiger partial charge is 0.311 e. The van der Waals surface area contributed by atoms with E-state index in [-0.39, 0.29) is 35.6 Å². The van der Waals surface area contributed by atoms with Gasteiger partial charge in [0, 0.05) is 29.6 Å². The van der Waals surface area contributed by atoms with Crippen LogP contribution in [0.15, 0.2) is 12.1 Å². The summed E-state index contributed by atoms with van der Waals surface area (Å²) in [5.41, 5.74) is 0.760. The van der Waals surface area contributed by atoms with Gasteiger partial charge in [-0.05, 0) is 24.6 Å². The van der Waals surface area contributed by atoms with E-state index >= 15 is 0 Å². The molecule has 0 saturated carbocycles.